The normalized spacial score (nSPS) is 18.9. The number of rotatable bonds is 5. The standard InChI is InChI=1S/C20H28N4O/c1-3-17-12-16(18-13-22-8-6-19(18)23-17)11-15-5-4-9-24(10-7-15)14-20(25)21-2/h6,8,12-13,15H,3-5,7,9-11,14H2,1-2H3,(H,21,25)/t15-/m1/s1. The summed E-state index contributed by atoms with van der Waals surface area (Å²) in [6.07, 6.45) is 9.32. The third-order valence-electron chi connectivity index (χ3n) is 5.21. The van der Waals surface area contributed by atoms with Crippen molar-refractivity contribution in [3.63, 3.8) is 0 Å². The van der Waals surface area contributed by atoms with Crippen LogP contribution in [0.25, 0.3) is 10.9 Å². The van der Waals surface area contributed by atoms with Gasteiger partial charge in [-0.15, -0.1) is 0 Å². The van der Waals surface area contributed by atoms with Crippen LogP contribution < -0.4 is 5.32 Å². The third kappa shape index (κ3) is 4.54. The van der Waals surface area contributed by atoms with Gasteiger partial charge < -0.3 is 5.32 Å². The molecule has 1 atom stereocenters. The predicted molar refractivity (Wildman–Crippen MR) is 100 cm³/mol. The fourth-order valence-electron chi connectivity index (χ4n) is 3.73. The van der Waals surface area contributed by atoms with Gasteiger partial charge in [-0.1, -0.05) is 6.92 Å². The minimum absolute atomic E-state index is 0.109. The molecule has 1 N–H and O–H groups in total. The SMILES string of the molecule is CCc1cc(C[C@@H]2CCCN(CC(=O)NC)CC2)c2cnccc2n1. The number of nitrogens with one attached hydrogen (secondary N) is 1. The zero-order chi connectivity index (χ0) is 17.6. The van der Waals surface area contributed by atoms with Crippen molar-refractivity contribution in [2.75, 3.05) is 26.7 Å². The predicted octanol–water partition coefficient (Wildman–Crippen LogP) is 2.58. The Morgan fingerprint density at radius 2 is 2.24 bits per heavy atom. The highest BCUT2D eigenvalue weighted by Gasteiger charge is 2.20. The Hall–Kier alpha value is -2.01. The molecule has 2 aromatic rings. The van der Waals surface area contributed by atoms with Gasteiger partial charge in [-0.05, 0) is 68.8 Å². The Bertz CT molecular complexity index is 731. The number of likely N-dealkylation sites (tertiary alicyclic amines) is 1. The van der Waals surface area contributed by atoms with Gasteiger partial charge in [-0.25, -0.2) is 0 Å². The fourth-order valence-corrected chi connectivity index (χ4v) is 3.73. The van der Waals surface area contributed by atoms with Crippen molar-refractivity contribution in [3.05, 3.63) is 35.8 Å². The zero-order valence-corrected chi connectivity index (χ0v) is 15.3. The lowest BCUT2D eigenvalue weighted by molar-refractivity contribution is -0.121. The van der Waals surface area contributed by atoms with Crippen molar-refractivity contribution in [3.8, 4) is 0 Å². The zero-order valence-electron chi connectivity index (χ0n) is 15.3. The number of fused-ring (bicyclic) bond motifs is 1. The van der Waals surface area contributed by atoms with Crippen molar-refractivity contribution in [2.45, 2.75) is 39.0 Å². The average Bonchev–Trinajstić information content (AvgIpc) is 2.86. The molecule has 1 amide bonds. The van der Waals surface area contributed by atoms with Crippen LogP contribution in [0.5, 0.6) is 0 Å². The van der Waals surface area contributed by atoms with Crippen LogP contribution in [0.1, 0.15) is 37.4 Å². The first kappa shape index (κ1) is 17.8. The molecule has 3 rings (SSSR count). The number of carbonyl (C=O) groups excluding carboxylic acids is 1. The highest BCUT2D eigenvalue weighted by Crippen LogP contribution is 2.26. The number of nitrogens with zero attached hydrogens (tertiary/aromatic N) is 3. The maximum Gasteiger partial charge on any atom is 0.233 e. The van der Waals surface area contributed by atoms with E-state index in [1.54, 1.807) is 7.05 Å². The summed E-state index contributed by atoms with van der Waals surface area (Å²) in [5, 5.41) is 3.91. The van der Waals surface area contributed by atoms with E-state index in [1.807, 2.05) is 18.5 Å². The van der Waals surface area contributed by atoms with Gasteiger partial charge in [0, 0.05) is 30.5 Å². The lowest BCUT2D eigenvalue weighted by atomic mass is 9.91. The summed E-state index contributed by atoms with van der Waals surface area (Å²) >= 11 is 0. The van der Waals surface area contributed by atoms with Crippen LogP contribution in [0.2, 0.25) is 0 Å². The molecule has 5 nitrogen and oxygen atoms in total. The lowest BCUT2D eigenvalue weighted by Crippen LogP contribution is -2.36. The number of likely N-dealkylation sites (N-methyl/N-ethyl adjacent to an activating group) is 1. The highest BCUT2D eigenvalue weighted by atomic mass is 16.1. The Kier molecular flexibility index (Phi) is 5.97. The molecule has 0 radical (unpaired) electrons. The largest absolute Gasteiger partial charge is 0.358 e. The number of amides is 1. The first-order valence-corrected chi connectivity index (χ1v) is 9.35. The minimum Gasteiger partial charge on any atom is -0.358 e. The van der Waals surface area contributed by atoms with E-state index in [0.29, 0.717) is 12.5 Å². The van der Waals surface area contributed by atoms with Crippen LogP contribution in [0.15, 0.2) is 24.5 Å². The number of aryl methyl sites for hydroxylation is 1. The average molecular weight is 340 g/mol. The van der Waals surface area contributed by atoms with E-state index in [-0.39, 0.29) is 5.91 Å². The second kappa shape index (κ2) is 8.39. The number of hydrogen-bond acceptors (Lipinski definition) is 4. The summed E-state index contributed by atoms with van der Waals surface area (Å²) in [7, 11) is 1.71. The molecule has 1 fully saturated rings. The summed E-state index contributed by atoms with van der Waals surface area (Å²) < 4.78 is 0. The second-order valence-electron chi connectivity index (χ2n) is 6.97. The summed E-state index contributed by atoms with van der Waals surface area (Å²) in [5.74, 6) is 0.766. The molecular formula is C20H28N4O. The topological polar surface area (TPSA) is 58.1 Å². The van der Waals surface area contributed by atoms with Gasteiger partial charge in [0.1, 0.15) is 0 Å². The quantitative estimate of drug-likeness (QED) is 0.909. The molecule has 0 bridgehead atoms. The summed E-state index contributed by atoms with van der Waals surface area (Å²) in [6, 6.07) is 4.27. The number of carbonyl (C=O) groups is 1. The first-order chi connectivity index (χ1) is 12.2. The van der Waals surface area contributed by atoms with Gasteiger partial charge in [0.05, 0.1) is 12.1 Å². The molecule has 0 unspecified atom stereocenters. The summed E-state index contributed by atoms with van der Waals surface area (Å²) in [5.41, 5.74) is 3.59. The van der Waals surface area contributed by atoms with E-state index in [9.17, 15) is 4.79 Å². The fraction of sp³-hybridized carbons (Fsp3) is 0.550. The van der Waals surface area contributed by atoms with E-state index >= 15 is 0 Å². The lowest BCUT2D eigenvalue weighted by Gasteiger charge is -2.19. The van der Waals surface area contributed by atoms with Gasteiger partial charge >= 0.3 is 0 Å². The van der Waals surface area contributed by atoms with Crippen molar-refractivity contribution >= 4 is 16.8 Å². The summed E-state index contributed by atoms with van der Waals surface area (Å²) in [6.45, 7) is 4.69. The van der Waals surface area contributed by atoms with E-state index in [4.69, 9.17) is 4.98 Å². The molecule has 25 heavy (non-hydrogen) atoms. The molecule has 0 spiro atoms. The molecule has 134 valence electrons. The van der Waals surface area contributed by atoms with Crippen molar-refractivity contribution in [1.82, 2.24) is 20.2 Å². The van der Waals surface area contributed by atoms with Crippen LogP contribution in [0, 0.1) is 5.92 Å². The molecule has 3 heterocycles. The highest BCUT2D eigenvalue weighted by molar-refractivity contribution is 5.81. The monoisotopic (exact) mass is 340 g/mol. The number of pyridine rings is 2. The molecule has 0 aromatic carbocycles. The molecule has 1 aliphatic rings. The van der Waals surface area contributed by atoms with Gasteiger partial charge in [0.2, 0.25) is 5.91 Å². The van der Waals surface area contributed by atoms with Crippen LogP contribution >= 0.6 is 0 Å². The molecule has 5 heteroatoms. The number of aromatic nitrogens is 2. The van der Waals surface area contributed by atoms with E-state index in [0.717, 1.165) is 50.0 Å². The summed E-state index contributed by atoms with van der Waals surface area (Å²) in [4.78, 5) is 22.9. The molecule has 1 saturated heterocycles. The maximum absolute atomic E-state index is 11.6. The molecule has 2 aromatic heterocycles. The number of hydrogen-bond donors (Lipinski definition) is 1. The van der Waals surface area contributed by atoms with Crippen LogP contribution in [-0.4, -0.2) is 47.5 Å². The van der Waals surface area contributed by atoms with E-state index in [1.165, 1.54) is 17.4 Å². The van der Waals surface area contributed by atoms with Gasteiger partial charge in [0.15, 0.2) is 0 Å². The van der Waals surface area contributed by atoms with Crippen LogP contribution in [0.4, 0.5) is 0 Å². The Labute approximate surface area is 149 Å². The molecule has 0 aliphatic carbocycles. The van der Waals surface area contributed by atoms with Gasteiger partial charge in [-0.3, -0.25) is 19.7 Å². The molecule has 0 saturated carbocycles. The molecule has 1 aliphatic heterocycles. The first-order valence-electron chi connectivity index (χ1n) is 9.35. The Morgan fingerprint density at radius 3 is 3.04 bits per heavy atom. The maximum atomic E-state index is 11.6. The van der Waals surface area contributed by atoms with Crippen molar-refractivity contribution in [2.24, 2.45) is 5.92 Å². The third-order valence-corrected chi connectivity index (χ3v) is 5.21. The van der Waals surface area contributed by atoms with Gasteiger partial charge in [-0.2, -0.15) is 0 Å². The van der Waals surface area contributed by atoms with E-state index in [2.05, 4.69) is 28.2 Å². The minimum atomic E-state index is 0.109. The molecular weight excluding hydrogens is 312 g/mol. The van der Waals surface area contributed by atoms with Crippen molar-refractivity contribution < 1.29 is 4.79 Å². The Balaban J connectivity index is 1.72. The van der Waals surface area contributed by atoms with Crippen LogP contribution in [0.3, 0.4) is 0 Å². The smallest absolute Gasteiger partial charge is 0.233 e. The van der Waals surface area contributed by atoms with E-state index < -0.39 is 0 Å². The van der Waals surface area contributed by atoms with Gasteiger partial charge in [0.25, 0.3) is 0 Å². The Morgan fingerprint density at radius 1 is 1.36 bits per heavy atom. The van der Waals surface area contributed by atoms with Crippen molar-refractivity contribution in [1.29, 1.82) is 0 Å². The van der Waals surface area contributed by atoms with Crippen LogP contribution in [-0.2, 0) is 17.6 Å². The second-order valence-corrected chi connectivity index (χ2v) is 6.97.